The molecule has 4 nitrogen and oxygen atoms in total. The van der Waals surface area contributed by atoms with Crippen LogP contribution in [-0.4, -0.2) is 38.5 Å². The molecule has 74 valence electrons. The highest BCUT2D eigenvalue weighted by molar-refractivity contribution is 8.00. The van der Waals surface area contributed by atoms with Gasteiger partial charge >= 0.3 is 5.97 Å². The van der Waals surface area contributed by atoms with Crippen LogP contribution in [0.4, 0.5) is 0 Å². The molecule has 1 N–H and O–H groups in total. The zero-order valence-corrected chi connectivity index (χ0v) is 8.72. The van der Waals surface area contributed by atoms with Gasteiger partial charge in [0.1, 0.15) is 6.04 Å². The summed E-state index contributed by atoms with van der Waals surface area (Å²) in [4.78, 5) is 23.1. The second kappa shape index (κ2) is 3.21. The summed E-state index contributed by atoms with van der Waals surface area (Å²) in [5.74, 6) is -0.627. The summed E-state index contributed by atoms with van der Waals surface area (Å²) in [6, 6.07) is -0.669. The Labute approximate surface area is 81.3 Å². The Balaban J connectivity index is 2.92. The smallest absolute Gasteiger partial charge is 0.327 e. The molecule has 1 saturated heterocycles. The summed E-state index contributed by atoms with van der Waals surface area (Å²) >= 11 is 1.50. The molecule has 1 heterocycles. The Bertz CT molecular complexity index is 252. The molecule has 1 aliphatic rings. The number of thioether (sulfide) groups is 1. The number of carbonyl (C=O) groups excluding carboxylic acids is 1. The molecule has 1 amide bonds. The molecule has 0 aromatic rings. The lowest BCUT2D eigenvalue weighted by Crippen LogP contribution is -2.48. The summed E-state index contributed by atoms with van der Waals surface area (Å²) in [7, 11) is 0. The molecule has 0 unspecified atom stereocenters. The first-order valence-electron chi connectivity index (χ1n) is 4.03. The number of hydrogen-bond acceptors (Lipinski definition) is 3. The van der Waals surface area contributed by atoms with Crippen LogP contribution < -0.4 is 0 Å². The van der Waals surface area contributed by atoms with Crippen LogP contribution in [0.1, 0.15) is 20.8 Å². The third-order valence-electron chi connectivity index (χ3n) is 2.11. The van der Waals surface area contributed by atoms with Gasteiger partial charge in [0.25, 0.3) is 0 Å². The summed E-state index contributed by atoms with van der Waals surface area (Å²) < 4.78 is 0. The van der Waals surface area contributed by atoms with Crippen LogP contribution in [0.15, 0.2) is 0 Å². The molecule has 5 heteroatoms. The molecule has 0 aliphatic carbocycles. The summed E-state index contributed by atoms with van der Waals surface area (Å²) in [6.45, 7) is 5.13. The molecule has 0 radical (unpaired) electrons. The zero-order chi connectivity index (χ0) is 10.2. The number of nitrogens with zero attached hydrogens (tertiary/aromatic N) is 1. The number of carbonyl (C=O) groups is 2. The van der Waals surface area contributed by atoms with E-state index in [-0.39, 0.29) is 5.91 Å². The predicted octanol–water partition coefficient (Wildman–Crippen LogP) is 0.771. The third kappa shape index (κ3) is 1.80. The van der Waals surface area contributed by atoms with E-state index in [1.54, 1.807) is 0 Å². The van der Waals surface area contributed by atoms with Crippen molar-refractivity contribution in [3.8, 4) is 0 Å². The fourth-order valence-corrected chi connectivity index (χ4v) is 2.83. The third-order valence-corrected chi connectivity index (χ3v) is 3.50. The van der Waals surface area contributed by atoms with Gasteiger partial charge in [-0.25, -0.2) is 4.79 Å². The minimum absolute atomic E-state index is 0.178. The number of rotatable bonds is 1. The Kier molecular flexibility index (Phi) is 2.56. The van der Waals surface area contributed by atoms with Gasteiger partial charge in [0, 0.05) is 12.7 Å². The van der Waals surface area contributed by atoms with Crippen LogP contribution in [0.5, 0.6) is 0 Å². The van der Waals surface area contributed by atoms with E-state index in [4.69, 9.17) is 5.11 Å². The van der Waals surface area contributed by atoms with Crippen molar-refractivity contribution in [2.75, 3.05) is 5.75 Å². The molecule has 1 fully saturated rings. The van der Waals surface area contributed by atoms with Crippen LogP contribution in [0.2, 0.25) is 0 Å². The highest BCUT2D eigenvalue weighted by atomic mass is 32.2. The molecule has 0 aromatic carbocycles. The van der Waals surface area contributed by atoms with E-state index in [2.05, 4.69) is 0 Å². The SMILES string of the molecule is CC(=O)N1[C@@H](C(=O)O)CSC1(C)C. The van der Waals surface area contributed by atoms with Crippen molar-refractivity contribution in [1.82, 2.24) is 4.90 Å². The normalized spacial score (nSPS) is 26.1. The average molecular weight is 203 g/mol. The van der Waals surface area contributed by atoms with Gasteiger partial charge in [-0.15, -0.1) is 11.8 Å². The second-order valence-electron chi connectivity index (χ2n) is 3.50. The molecule has 13 heavy (non-hydrogen) atoms. The van der Waals surface area contributed by atoms with Gasteiger partial charge in [-0.05, 0) is 13.8 Å². The number of carboxylic acids is 1. The monoisotopic (exact) mass is 203 g/mol. The maximum absolute atomic E-state index is 11.2. The molecular formula is C8H13NO3S. The van der Waals surface area contributed by atoms with E-state index in [0.29, 0.717) is 5.75 Å². The summed E-state index contributed by atoms with van der Waals surface area (Å²) in [6.07, 6.45) is 0. The second-order valence-corrected chi connectivity index (χ2v) is 5.12. The van der Waals surface area contributed by atoms with Gasteiger partial charge in [-0.2, -0.15) is 0 Å². The standard InChI is InChI=1S/C8H13NO3S/c1-5(10)9-6(7(11)12)4-13-8(9,2)3/h6H,4H2,1-3H3,(H,11,12)/t6-/m1/s1. The van der Waals surface area contributed by atoms with E-state index in [0.717, 1.165) is 0 Å². The Morgan fingerprint density at radius 3 is 2.38 bits per heavy atom. The van der Waals surface area contributed by atoms with Crippen LogP contribution >= 0.6 is 11.8 Å². The Hall–Kier alpha value is -0.710. The summed E-state index contributed by atoms with van der Waals surface area (Å²) in [5, 5.41) is 8.86. The van der Waals surface area contributed by atoms with Gasteiger partial charge in [0.2, 0.25) is 5.91 Å². The Morgan fingerprint density at radius 2 is 2.08 bits per heavy atom. The van der Waals surface area contributed by atoms with E-state index >= 15 is 0 Å². The van der Waals surface area contributed by atoms with Crippen molar-refractivity contribution >= 4 is 23.6 Å². The first kappa shape index (κ1) is 10.4. The molecule has 1 rings (SSSR count). The van der Waals surface area contributed by atoms with Gasteiger partial charge in [-0.3, -0.25) is 4.79 Å². The number of amides is 1. The molecule has 1 aliphatic heterocycles. The predicted molar refractivity (Wildman–Crippen MR) is 50.5 cm³/mol. The minimum atomic E-state index is -0.923. The topological polar surface area (TPSA) is 57.6 Å². The lowest BCUT2D eigenvalue weighted by Gasteiger charge is -2.32. The molecular weight excluding hydrogens is 190 g/mol. The highest BCUT2D eigenvalue weighted by Gasteiger charge is 2.45. The maximum Gasteiger partial charge on any atom is 0.327 e. The molecule has 0 saturated carbocycles. The van der Waals surface area contributed by atoms with E-state index in [1.807, 2.05) is 13.8 Å². The minimum Gasteiger partial charge on any atom is -0.480 e. The molecule has 0 aromatic heterocycles. The molecule has 0 bridgehead atoms. The number of hydrogen-bond donors (Lipinski definition) is 1. The van der Waals surface area contributed by atoms with Crippen molar-refractivity contribution in [3.05, 3.63) is 0 Å². The number of aliphatic carboxylic acids is 1. The molecule has 0 spiro atoms. The van der Waals surface area contributed by atoms with Crippen molar-refractivity contribution < 1.29 is 14.7 Å². The van der Waals surface area contributed by atoms with Crippen LogP contribution in [0, 0.1) is 0 Å². The van der Waals surface area contributed by atoms with Gasteiger partial charge < -0.3 is 10.0 Å². The average Bonchev–Trinajstić information content (AvgIpc) is 2.24. The highest BCUT2D eigenvalue weighted by Crippen LogP contribution is 2.38. The van der Waals surface area contributed by atoms with Crippen LogP contribution in [0.25, 0.3) is 0 Å². The van der Waals surface area contributed by atoms with Gasteiger partial charge in [0.15, 0.2) is 0 Å². The van der Waals surface area contributed by atoms with Crippen LogP contribution in [0.3, 0.4) is 0 Å². The first-order chi connectivity index (χ1) is 5.86. The quantitative estimate of drug-likeness (QED) is 0.684. The van der Waals surface area contributed by atoms with Crippen LogP contribution in [-0.2, 0) is 9.59 Å². The van der Waals surface area contributed by atoms with Gasteiger partial charge in [0.05, 0.1) is 4.87 Å². The number of carboxylic acid groups (broad SMARTS) is 1. The fourth-order valence-electron chi connectivity index (χ4n) is 1.58. The van der Waals surface area contributed by atoms with Crippen molar-refractivity contribution in [2.24, 2.45) is 0 Å². The van der Waals surface area contributed by atoms with Crippen molar-refractivity contribution in [2.45, 2.75) is 31.7 Å². The maximum atomic E-state index is 11.2. The van der Waals surface area contributed by atoms with Crippen molar-refractivity contribution in [3.63, 3.8) is 0 Å². The molecule has 1 atom stereocenters. The van der Waals surface area contributed by atoms with E-state index < -0.39 is 16.9 Å². The summed E-state index contributed by atoms with van der Waals surface area (Å²) in [5.41, 5.74) is 0. The zero-order valence-electron chi connectivity index (χ0n) is 7.90. The fraction of sp³-hybridized carbons (Fsp3) is 0.750. The lowest BCUT2D eigenvalue weighted by atomic mass is 10.2. The first-order valence-corrected chi connectivity index (χ1v) is 5.01. The largest absolute Gasteiger partial charge is 0.480 e. The Morgan fingerprint density at radius 1 is 1.54 bits per heavy atom. The van der Waals surface area contributed by atoms with Crippen molar-refractivity contribution in [1.29, 1.82) is 0 Å². The van der Waals surface area contributed by atoms with E-state index in [1.165, 1.54) is 23.6 Å². The van der Waals surface area contributed by atoms with E-state index in [9.17, 15) is 9.59 Å². The van der Waals surface area contributed by atoms with Gasteiger partial charge in [-0.1, -0.05) is 0 Å². The lowest BCUT2D eigenvalue weighted by molar-refractivity contribution is -0.149.